The molecular weight excluding hydrogens is 848 g/mol. The fourth-order valence-electron chi connectivity index (χ4n) is 7.35. The van der Waals surface area contributed by atoms with E-state index in [1.807, 2.05) is 0 Å². The van der Waals surface area contributed by atoms with Crippen molar-refractivity contribution >= 4 is 22.3 Å². The van der Waals surface area contributed by atoms with E-state index in [0.717, 1.165) is 6.92 Å². The van der Waals surface area contributed by atoms with Gasteiger partial charge in [0.15, 0.2) is 43.7 Å². The molecule has 0 spiro atoms. The molecule has 12 N–H and O–H groups in total. The summed E-state index contributed by atoms with van der Waals surface area (Å²) < 4.78 is 92.9. The predicted octanol–water partition coefficient (Wildman–Crippen LogP) is -7.32. The molecule has 25 atom stereocenters. The van der Waals surface area contributed by atoms with Gasteiger partial charge in [-0.15, -0.1) is 0 Å². The van der Waals surface area contributed by atoms with E-state index in [-0.39, 0.29) is 0 Å². The summed E-state index contributed by atoms with van der Waals surface area (Å²) in [5, 5.41) is 117. The van der Waals surface area contributed by atoms with Crippen LogP contribution in [0.3, 0.4) is 0 Å². The molecule has 348 valence electrons. The fourth-order valence-corrected chi connectivity index (χ4v) is 7.91. The Morgan fingerprint density at radius 1 is 0.467 bits per heavy atom. The molecule has 0 aromatic heterocycles. The monoisotopic (exact) mass is 900 g/mol. The van der Waals surface area contributed by atoms with Gasteiger partial charge in [0.25, 0.3) is 0 Å². The van der Waals surface area contributed by atoms with Crippen LogP contribution in [0, 0.1) is 0 Å². The summed E-state index contributed by atoms with van der Waals surface area (Å²) in [4.78, 5) is 24.4. The largest absolute Gasteiger partial charge is 0.479 e. The van der Waals surface area contributed by atoms with Crippen LogP contribution in [0.15, 0.2) is 0 Å². The molecule has 0 radical (unpaired) electrons. The lowest BCUT2D eigenvalue weighted by atomic mass is 9.95. The molecule has 0 aliphatic carbocycles. The van der Waals surface area contributed by atoms with Crippen LogP contribution < -0.4 is 0 Å². The molecule has 1 unspecified atom stereocenters. The van der Waals surface area contributed by atoms with Gasteiger partial charge < -0.3 is 104 Å². The first-order valence-electron chi connectivity index (χ1n) is 18.6. The van der Waals surface area contributed by atoms with Crippen molar-refractivity contribution in [3.8, 4) is 0 Å². The van der Waals surface area contributed by atoms with Crippen LogP contribution in [-0.4, -0.2) is 235 Å². The number of carboxylic acid groups (broad SMARTS) is 1. The molecule has 0 aromatic rings. The zero-order valence-electron chi connectivity index (χ0n) is 32.3. The Morgan fingerprint density at radius 2 is 0.917 bits per heavy atom. The molecule has 5 aliphatic heterocycles. The van der Waals surface area contributed by atoms with Crippen molar-refractivity contribution in [2.75, 3.05) is 0 Å². The molecule has 28 heteroatoms. The standard InChI is InChI=1S/C32H52O27S/c1-6-11(34)22(18(41)28(45)49-6)55-32-26(58-30-16(39)13(36)14(37)24(56-30)27(43)44)25(21(9(4)52-32)53-10(5)33)57-31-19(42)23(12(35)7(2)50-31)54-29-17(40)15(38)20(8(3)51-29)59-60(46,47)48/h6-9,11-26,28-32,34-42,45H,1-5H3,(H,43,44)(H,46,47,48)/t6-,7?,8-,9-,11-,12-,13-,14-,15-,16+,17-,18-,19-,20-,21-,22+,23+,24-,25+,26-,28-,29+,30-,31+,32+/m0/s1. The van der Waals surface area contributed by atoms with Crippen molar-refractivity contribution in [1.29, 1.82) is 0 Å². The molecule has 0 amide bonds. The van der Waals surface area contributed by atoms with Crippen LogP contribution in [0.25, 0.3) is 0 Å². The maximum atomic E-state index is 12.5. The molecule has 27 nitrogen and oxygen atoms in total. The van der Waals surface area contributed by atoms with Gasteiger partial charge in [-0.2, -0.15) is 8.42 Å². The third kappa shape index (κ3) is 10.5. The van der Waals surface area contributed by atoms with E-state index in [0.29, 0.717) is 0 Å². The highest BCUT2D eigenvalue weighted by Gasteiger charge is 2.58. The number of rotatable bonds is 12. The Hall–Kier alpha value is -1.95. The number of carbonyl (C=O) groups is 2. The van der Waals surface area contributed by atoms with Gasteiger partial charge in [0.2, 0.25) is 0 Å². The minimum Gasteiger partial charge on any atom is -0.479 e. The van der Waals surface area contributed by atoms with Crippen LogP contribution in [0.4, 0.5) is 0 Å². The lowest BCUT2D eigenvalue weighted by Gasteiger charge is -2.51. The van der Waals surface area contributed by atoms with E-state index in [4.69, 9.17) is 51.9 Å². The molecule has 5 aliphatic rings. The Kier molecular flexibility index (Phi) is 15.9. The first kappa shape index (κ1) is 49.1. The number of aliphatic carboxylic acids is 1. The van der Waals surface area contributed by atoms with Gasteiger partial charge in [0.1, 0.15) is 85.5 Å². The predicted molar refractivity (Wildman–Crippen MR) is 181 cm³/mol. The van der Waals surface area contributed by atoms with Gasteiger partial charge in [-0.3, -0.25) is 9.35 Å². The van der Waals surface area contributed by atoms with E-state index in [9.17, 15) is 74.2 Å². The zero-order chi connectivity index (χ0) is 44.9. The van der Waals surface area contributed by atoms with Crippen LogP contribution in [0.2, 0.25) is 0 Å². The highest BCUT2D eigenvalue weighted by molar-refractivity contribution is 7.80. The third-order valence-corrected chi connectivity index (χ3v) is 11.1. The van der Waals surface area contributed by atoms with Crippen molar-refractivity contribution < 1.29 is 130 Å². The van der Waals surface area contributed by atoms with Gasteiger partial charge >= 0.3 is 22.3 Å². The minimum absolute atomic E-state index is 0.963. The summed E-state index contributed by atoms with van der Waals surface area (Å²) in [6, 6.07) is 0. The lowest BCUT2D eigenvalue weighted by Crippen LogP contribution is -2.68. The topological polar surface area (TPSA) is 413 Å². The average Bonchev–Trinajstić information content (AvgIpc) is 3.15. The van der Waals surface area contributed by atoms with Crippen molar-refractivity contribution in [2.24, 2.45) is 0 Å². The molecule has 5 fully saturated rings. The SMILES string of the molecule is CC(=O)O[C@@H]1[C@@H](O[C@H]2OC(C)[C@H](O)[C@@H](O[C@H]3O[C@@H](C)[C@H](OS(=O)(=O)O)[C@@H](O)[C@@H]3O)[C@@H]2O)[C@H](O[C@@H]2O[C@H](C(=O)O)[C@@H](O)[C@H](O)[C@H]2O)[C@@H](O[C@@H]2[C@@H](O)[C@H](C)O[C@H](O)[C@H]2O)O[C@H]1C. The number of hydrogen-bond acceptors (Lipinski definition) is 25. The first-order chi connectivity index (χ1) is 27.8. The molecule has 0 aromatic carbocycles. The van der Waals surface area contributed by atoms with E-state index in [1.165, 1.54) is 27.7 Å². The summed E-state index contributed by atoms with van der Waals surface area (Å²) in [7, 11) is -5.15. The maximum absolute atomic E-state index is 12.5. The van der Waals surface area contributed by atoms with E-state index in [2.05, 4.69) is 4.18 Å². The van der Waals surface area contributed by atoms with Crippen molar-refractivity contribution in [1.82, 2.24) is 0 Å². The molecule has 0 bridgehead atoms. The number of carbonyl (C=O) groups excluding carboxylic acids is 1. The minimum atomic E-state index is -5.15. The lowest BCUT2D eigenvalue weighted by molar-refractivity contribution is -0.404. The van der Waals surface area contributed by atoms with E-state index in [1.54, 1.807) is 0 Å². The Bertz CT molecular complexity index is 1560. The van der Waals surface area contributed by atoms with Crippen LogP contribution >= 0.6 is 0 Å². The molecule has 60 heavy (non-hydrogen) atoms. The number of ether oxygens (including phenoxy) is 10. The number of aliphatic hydroxyl groups excluding tert-OH is 10. The third-order valence-electron chi connectivity index (χ3n) is 10.6. The number of esters is 1. The summed E-state index contributed by atoms with van der Waals surface area (Å²) in [5.74, 6) is -2.77. The normalized spacial score (nSPS) is 50.5. The molecule has 5 heterocycles. The number of aliphatic hydroxyl groups is 10. The van der Waals surface area contributed by atoms with E-state index < -0.39 is 176 Å². The maximum Gasteiger partial charge on any atom is 0.397 e. The van der Waals surface area contributed by atoms with Crippen LogP contribution in [0.5, 0.6) is 0 Å². The Morgan fingerprint density at radius 3 is 1.50 bits per heavy atom. The zero-order valence-corrected chi connectivity index (χ0v) is 33.1. The first-order valence-corrected chi connectivity index (χ1v) is 19.9. The quantitative estimate of drug-likeness (QED) is 0.0639. The Balaban J connectivity index is 1.50. The van der Waals surface area contributed by atoms with Gasteiger partial charge in [-0.25, -0.2) is 8.98 Å². The summed E-state index contributed by atoms with van der Waals surface area (Å²) in [6.45, 7) is 6.07. The summed E-state index contributed by atoms with van der Waals surface area (Å²) >= 11 is 0. The number of carboxylic acids is 1. The molecule has 5 rings (SSSR count). The molecule has 0 saturated carbocycles. The smallest absolute Gasteiger partial charge is 0.397 e. The molecule has 5 saturated heterocycles. The average molecular weight is 901 g/mol. The van der Waals surface area contributed by atoms with Crippen molar-refractivity contribution in [2.45, 2.75) is 188 Å². The van der Waals surface area contributed by atoms with Crippen LogP contribution in [-0.2, 0) is 71.5 Å². The Labute approximate surface area is 340 Å². The van der Waals surface area contributed by atoms with Crippen LogP contribution in [0.1, 0.15) is 34.6 Å². The summed E-state index contributed by atoms with van der Waals surface area (Å²) in [6.07, 6.45) is -46.9. The second-order valence-corrected chi connectivity index (χ2v) is 16.1. The summed E-state index contributed by atoms with van der Waals surface area (Å²) in [5.41, 5.74) is 0. The van der Waals surface area contributed by atoms with Gasteiger partial charge in [0, 0.05) is 6.92 Å². The molecular formula is C32H52O27S. The second kappa shape index (κ2) is 19.4. The fraction of sp³-hybridized carbons (Fsp3) is 0.938. The van der Waals surface area contributed by atoms with Gasteiger partial charge in [-0.05, 0) is 27.7 Å². The highest BCUT2D eigenvalue weighted by atomic mass is 32.3. The van der Waals surface area contributed by atoms with Gasteiger partial charge in [0.05, 0.1) is 24.4 Å². The van der Waals surface area contributed by atoms with Crippen molar-refractivity contribution in [3.63, 3.8) is 0 Å². The highest BCUT2D eigenvalue weighted by Crippen LogP contribution is 2.38. The van der Waals surface area contributed by atoms with Gasteiger partial charge in [-0.1, -0.05) is 0 Å². The van der Waals surface area contributed by atoms with Crippen molar-refractivity contribution in [3.05, 3.63) is 0 Å². The number of hydrogen-bond donors (Lipinski definition) is 12. The second-order valence-electron chi connectivity index (χ2n) is 15.0. The van der Waals surface area contributed by atoms with E-state index >= 15 is 0 Å².